The molecule has 0 saturated carbocycles. The number of nitrogens with one attached hydrogen (secondary N) is 1. The van der Waals surface area contributed by atoms with Crippen LogP contribution in [0.1, 0.15) is 42.6 Å². The van der Waals surface area contributed by atoms with Crippen LogP contribution in [0.5, 0.6) is 5.75 Å². The highest BCUT2D eigenvalue weighted by molar-refractivity contribution is 5.98. The Kier molecular flexibility index (Phi) is 5.98. The average molecular weight is 399 g/mol. The van der Waals surface area contributed by atoms with E-state index in [2.05, 4.69) is 26.1 Å². The van der Waals surface area contributed by atoms with Gasteiger partial charge in [0.25, 0.3) is 11.8 Å². The van der Waals surface area contributed by atoms with Crippen molar-refractivity contribution in [3.63, 3.8) is 0 Å². The third-order valence-electron chi connectivity index (χ3n) is 4.81. The van der Waals surface area contributed by atoms with Crippen molar-refractivity contribution in [2.45, 2.75) is 32.7 Å². The number of likely N-dealkylation sites (N-methyl/N-ethyl adjacent to an activating group) is 1. The van der Waals surface area contributed by atoms with Crippen LogP contribution in [0.4, 0.5) is 5.69 Å². The molecular formula is C22H29N3O4. The first-order valence-electron chi connectivity index (χ1n) is 9.74. The summed E-state index contributed by atoms with van der Waals surface area (Å²) in [6.07, 6.45) is 0. The van der Waals surface area contributed by atoms with Gasteiger partial charge in [0.2, 0.25) is 0 Å². The van der Waals surface area contributed by atoms with E-state index in [0.29, 0.717) is 18.1 Å². The number of carbonyl (C=O) groups excluding carboxylic acids is 2. The lowest BCUT2D eigenvalue weighted by Gasteiger charge is -2.30. The van der Waals surface area contributed by atoms with Crippen molar-refractivity contribution < 1.29 is 18.7 Å². The monoisotopic (exact) mass is 399 g/mol. The highest BCUT2D eigenvalue weighted by atomic mass is 16.5. The van der Waals surface area contributed by atoms with E-state index in [-0.39, 0.29) is 36.1 Å². The van der Waals surface area contributed by atoms with Crippen LogP contribution < -0.4 is 15.0 Å². The molecule has 7 nitrogen and oxygen atoms in total. The Hall–Kier alpha value is -2.80. The van der Waals surface area contributed by atoms with Gasteiger partial charge in [-0.3, -0.25) is 14.5 Å². The number of furan rings is 1. The molecule has 0 atom stereocenters. The Labute approximate surface area is 171 Å². The van der Waals surface area contributed by atoms with Gasteiger partial charge >= 0.3 is 0 Å². The van der Waals surface area contributed by atoms with Crippen LogP contribution in [-0.2, 0) is 16.8 Å². The van der Waals surface area contributed by atoms with E-state index in [0.717, 1.165) is 17.8 Å². The maximum Gasteiger partial charge on any atom is 0.287 e. The van der Waals surface area contributed by atoms with Crippen LogP contribution >= 0.6 is 0 Å². The molecule has 2 aromatic rings. The van der Waals surface area contributed by atoms with Gasteiger partial charge in [-0.2, -0.15) is 0 Å². The Morgan fingerprint density at radius 1 is 1.21 bits per heavy atom. The summed E-state index contributed by atoms with van der Waals surface area (Å²) in [6, 6.07) is 9.29. The van der Waals surface area contributed by atoms with Crippen molar-refractivity contribution >= 4 is 17.5 Å². The number of anilines is 1. The first kappa shape index (κ1) is 20.9. The molecule has 1 aromatic carbocycles. The molecule has 0 fully saturated rings. The molecule has 1 aromatic heterocycles. The van der Waals surface area contributed by atoms with Gasteiger partial charge in [-0.25, -0.2) is 0 Å². The maximum atomic E-state index is 12.5. The van der Waals surface area contributed by atoms with Crippen LogP contribution in [0.3, 0.4) is 0 Å². The summed E-state index contributed by atoms with van der Waals surface area (Å²) in [5.41, 5.74) is 1.78. The molecule has 0 radical (unpaired) electrons. The number of fused-ring (bicyclic) bond motifs is 1. The van der Waals surface area contributed by atoms with E-state index in [1.165, 1.54) is 0 Å². The topological polar surface area (TPSA) is 75.0 Å². The van der Waals surface area contributed by atoms with Crippen molar-refractivity contribution in [3.05, 3.63) is 47.4 Å². The summed E-state index contributed by atoms with van der Waals surface area (Å²) in [5.74, 6) is 1.05. The normalized spacial score (nSPS) is 14.0. The summed E-state index contributed by atoms with van der Waals surface area (Å²) >= 11 is 0. The molecule has 7 heteroatoms. The van der Waals surface area contributed by atoms with Crippen molar-refractivity contribution in [1.29, 1.82) is 0 Å². The van der Waals surface area contributed by atoms with Gasteiger partial charge in [-0.05, 0) is 49.3 Å². The zero-order chi connectivity index (χ0) is 21.2. The summed E-state index contributed by atoms with van der Waals surface area (Å²) in [6.45, 7) is 7.88. The average Bonchev–Trinajstić information content (AvgIpc) is 3.11. The van der Waals surface area contributed by atoms with Crippen molar-refractivity contribution in [2.24, 2.45) is 0 Å². The number of hydrogen-bond donors (Lipinski definition) is 1. The van der Waals surface area contributed by atoms with Crippen LogP contribution in [0.2, 0.25) is 0 Å². The van der Waals surface area contributed by atoms with Crippen molar-refractivity contribution in [2.75, 3.05) is 38.7 Å². The lowest BCUT2D eigenvalue weighted by Crippen LogP contribution is -2.38. The highest BCUT2D eigenvalue weighted by Crippen LogP contribution is 2.37. The number of carbonyl (C=O) groups is 2. The lowest BCUT2D eigenvalue weighted by molar-refractivity contribution is -0.121. The minimum atomic E-state index is -0.262. The number of ether oxygens (including phenoxy) is 1. The molecule has 2 heterocycles. The quantitative estimate of drug-likeness (QED) is 0.808. The Balaban J connectivity index is 1.76. The second kappa shape index (κ2) is 8.29. The molecule has 1 N–H and O–H groups in total. The minimum Gasteiger partial charge on any atom is -0.482 e. The highest BCUT2D eigenvalue weighted by Gasteiger charge is 2.28. The second-order valence-corrected chi connectivity index (χ2v) is 8.53. The number of rotatable bonds is 6. The molecule has 29 heavy (non-hydrogen) atoms. The maximum absolute atomic E-state index is 12.5. The van der Waals surface area contributed by atoms with Crippen LogP contribution in [0, 0.1) is 0 Å². The predicted molar refractivity (Wildman–Crippen MR) is 111 cm³/mol. The standard InChI is InChI=1S/C22H29N3O4/c1-22(2,3)15-6-8-18-17(12-15)25(20(26)14-28-18)13-16-7-9-19(29-16)21(27)23-10-11-24(4)5/h6-9,12H,10-11,13-14H2,1-5H3,(H,23,27). The van der Waals surface area contributed by atoms with Gasteiger partial charge in [0.1, 0.15) is 11.5 Å². The van der Waals surface area contributed by atoms with Crippen molar-refractivity contribution in [1.82, 2.24) is 10.2 Å². The molecule has 1 aliphatic rings. The summed E-state index contributed by atoms with van der Waals surface area (Å²) < 4.78 is 11.3. The molecule has 0 aliphatic carbocycles. The molecule has 0 unspecified atom stereocenters. The van der Waals surface area contributed by atoms with Gasteiger partial charge in [-0.15, -0.1) is 0 Å². The van der Waals surface area contributed by atoms with Gasteiger partial charge < -0.3 is 19.4 Å². The zero-order valence-electron chi connectivity index (χ0n) is 17.7. The van der Waals surface area contributed by atoms with Gasteiger partial charge in [0.05, 0.1) is 12.2 Å². The number of hydrogen-bond acceptors (Lipinski definition) is 5. The van der Waals surface area contributed by atoms with E-state index < -0.39 is 0 Å². The molecule has 0 bridgehead atoms. The van der Waals surface area contributed by atoms with Gasteiger partial charge in [-0.1, -0.05) is 26.8 Å². The van der Waals surface area contributed by atoms with E-state index in [9.17, 15) is 9.59 Å². The summed E-state index contributed by atoms with van der Waals surface area (Å²) in [5, 5.41) is 2.82. The lowest BCUT2D eigenvalue weighted by atomic mass is 9.86. The van der Waals surface area contributed by atoms with Crippen LogP contribution in [0.15, 0.2) is 34.7 Å². The number of benzene rings is 1. The van der Waals surface area contributed by atoms with E-state index >= 15 is 0 Å². The van der Waals surface area contributed by atoms with E-state index in [4.69, 9.17) is 9.15 Å². The first-order chi connectivity index (χ1) is 13.6. The fourth-order valence-electron chi connectivity index (χ4n) is 3.06. The molecule has 156 valence electrons. The largest absolute Gasteiger partial charge is 0.482 e. The molecule has 3 rings (SSSR count). The predicted octanol–water partition coefficient (Wildman–Crippen LogP) is 2.79. The Bertz CT molecular complexity index is 896. The molecule has 1 aliphatic heterocycles. The molecule has 2 amide bonds. The van der Waals surface area contributed by atoms with E-state index in [1.54, 1.807) is 17.0 Å². The minimum absolute atomic E-state index is 0.0134. The fourth-order valence-corrected chi connectivity index (χ4v) is 3.06. The smallest absolute Gasteiger partial charge is 0.287 e. The number of nitrogens with zero attached hydrogens (tertiary/aromatic N) is 2. The summed E-state index contributed by atoms with van der Waals surface area (Å²) in [4.78, 5) is 28.4. The zero-order valence-corrected chi connectivity index (χ0v) is 17.7. The SMILES string of the molecule is CN(C)CCNC(=O)c1ccc(CN2C(=O)COc3ccc(C(C)(C)C)cc32)o1. The molecule has 0 saturated heterocycles. The van der Waals surface area contributed by atoms with Crippen LogP contribution in [0.25, 0.3) is 0 Å². The third-order valence-corrected chi connectivity index (χ3v) is 4.81. The molecule has 0 spiro atoms. The fraction of sp³-hybridized carbons (Fsp3) is 0.455. The third kappa shape index (κ3) is 4.98. The van der Waals surface area contributed by atoms with E-state index in [1.807, 2.05) is 37.2 Å². The van der Waals surface area contributed by atoms with Crippen LogP contribution in [-0.4, -0.2) is 50.5 Å². The molecular weight excluding hydrogens is 370 g/mol. The Morgan fingerprint density at radius 2 is 1.97 bits per heavy atom. The first-order valence-corrected chi connectivity index (χ1v) is 9.74. The van der Waals surface area contributed by atoms with Crippen molar-refractivity contribution in [3.8, 4) is 5.75 Å². The number of amides is 2. The second-order valence-electron chi connectivity index (χ2n) is 8.53. The van der Waals surface area contributed by atoms with Gasteiger partial charge in [0, 0.05) is 13.1 Å². The Morgan fingerprint density at radius 3 is 2.66 bits per heavy atom. The summed E-state index contributed by atoms with van der Waals surface area (Å²) in [7, 11) is 3.89. The van der Waals surface area contributed by atoms with Gasteiger partial charge in [0.15, 0.2) is 12.4 Å².